The highest BCUT2D eigenvalue weighted by atomic mass is 35.5. The van der Waals surface area contributed by atoms with Crippen LogP contribution in [0.15, 0.2) is 23.1 Å². The van der Waals surface area contributed by atoms with Gasteiger partial charge in [-0.3, -0.25) is 0 Å². The van der Waals surface area contributed by atoms with Crippen molar-refractivity contribution in [1.29, 1.82) is 0 Å². The molecule has 3 N–H and O–H groups in total. The number of aryl methyl sites for hydroxylation is 1. The number of sulfonamides is 1. The maximum Gasteiger partial charge on any atom is 0.240 e. The molecule has 90 valence electrons. The summed E-state index contributed by atoms with van der Waals surface area (Å²) < 4.78 is 25.4. The summed E-state index contributed by atoms with van der Waals surface area (Å²) in [5.41, 5.74) is 8.01. The number of nitrogens with one attached hydrogen (secondary N) is 1. The fourth-order valence-electron chi connectivity index (χ4n) is 1.90. The van der Waals surface area contributed by atoms with Gasteiger partial charge >= 0.3 is 0 Å². The quantitative estimate of drug-likeness (QED) is 0.834. The van der Waals surface area contributed by atoms with E-state index in [-0.39, 0.29) is 18.4 Å². The first-order valence-electron chi connectivity index (χ1n) is 4.86. The first kappa shape index (κ1) is 13.4. The van der Waals surface area contributed by atoms with Crippen molar-refractivity contribution in [1.82, 2.24) is 4.72 Å². The molecule has 0 amide bonds. The molecule has 0 fully saturated rings. The second-order valence-corrected chi connectivity index (χ2v) is 5.60. The molecule has 4 nitrogen and oxygen atoms in total. The van der Waals surface area contributed by atoms with Gasteiger partial charge in [0.1, 0.15) is 0 Å². The van der Waals surface area contributed by atoms with Crippen LogP contribution in [0.5, 0.6) is 0 Å². The lowest BCUT2D eigenvalue weighted by Crippen LogP contribution is -2.19. The summed E-state index contributed by atoms with van der Waals surface area (Å²) in [5, 5.41) is 0. The van der Waals surface area contributed by atoms with Crippen LogP contribution in [0, 0.1) is 0 Å². The summed E-state index contributed by atoms with van der Waals surface area (Å²) >= 11 is 0. The second kappa shape index (κ2) is 4.71. The zero-order valence-corrected chi connectivity index (χ0v) is 10.6. The molecule has 6 heteroatoms. The van der Waals surface area contributed by atoms with Crippen LogP contribution in [0.25, 0.3) is 0 Å². The standard InChI is InChI=1S/C10H14N2O2S.ClH/c1-12-15(13,14)8-4-2-7-3-5-10(11)9(7)6-8;/h2,4,6,10,12H,3,5,11H2,1H3;1H. The number of hydrogen-bond acceptors (Lipinski definition) is 3. The van der Waals surface area contributed by atoms with E-state index in [0.717, 1.165) is 24.0 Å². The summed E-state index contributed by atoms with van der Waals surface area (Å²) in [6, 6.07) is 5.14. The van der Waals surface area contributed by atoms with Crippen LogP contribution in [-0.4, -0.2) is 15.5 Å². The van der Waals surface area contributed by atoms with Gasteiger partial charge in [-0.1, -0.05) is 6.07 Å². The lowest BCUT2D eigenvalue weighted by atomic mass is 10.1. The first-order valence-corrected chi connectivity index (χ1v) is 6.35. The molecule has 0 radical (unpaired) electrons. The molecule has 0 heterocycles. The van der Waals surface area contributed by atoms with E-state index in [1.807, 2.05) is 6.07 Å². The molecule has 0 saturated heterocycles. The molecule has 1 atom stereocenters. The summed E-state index contributed by atoms with van der Waals surface area (Å²) in [5.74, 6) is 0. The molecule has 0 spiro atoms. The van der Waals surface area contributed by atoms with Gasteiger partial charge in [-0.25, -0.2) is 13.1 Å². The Morgan fingerprint density at radius 3 is 2.75 bits per heavy atom. The van der Waals surface area contributed by atoms with Crippen LogP contribution in [0.4, 0.5) is 0 Å². The van der Waals surface area contributed by atoms with Crippen molar-refractivity contribution >= 4 is 22.4 Å². The third-order valence-electron chi connectivity index (χ3n) is 2.82. The summed E-state index contributed by atoms with van der Waals surface area (Å²) in [6.45, 7) is 0. The number of fused-ring (bicyclic) bond motifs is 1. The second-order valence-electron chi connectivity index (χ2n) is 3.71. The average Bonchev–Trinajstić information content (AvgIpc) is 2.60. The molecule has 1 aromatic carbocycles. The molecule has 16 heavy (non-hydrogen) atoms. The Morgan fingerprint density at radius 2 is 2.12 bits per heavy atom. The van der Waals surface area contributed by atoms with Gasteiger partial charge in [-0.2, -0.15) is 0 Å². The Balaban J connectivity index is 0.00000128. The molecule has 2 rings (SSSR count). The van der Waals surface area contributed by atoms with Crippen LogP contribution in [0.3, 0.4) is 0 Å². The molecule has 1 unspecified atom stereocenters. The third kappa shape index (κ3) is 2.22. The number of hydrogen-bond donors (Lipinski definition) is 2. The lowest BCUT2D eigenvalue weighted by molar-refractivity contribution is 0.588. The summed E-state index contributed by atoms with van der Waals surface area (Å²) in [6.07, 6.45) is 1.84. The van der Waals surface area contributed by atoms with Crippen molar-refractivity contribution in [3.05, 3.63) is 29.3 Å². The lowest BCUT2D eigenvalue weighted by Gasteiger charge is -2.08. The minimum atomic E-state index is -3.35. The zero-order valence-electron chi connectivity index (χ0n) is 8.93. The predicted molar refractivity (Wildman–Crippen MR) is 65.2 cm³/mol. The highest BCUT2D eigenvalue weighted by Crippen LogP contribution is 2.30. The van der Waals surface area contributed by atoms with E-state index >= 15 is 0 Å². The fraction of sp³-hybridized carbons (Fsp3) is 0.400. The smallest absolute Gasteiger partial charge is 0.240 e. The van der Waals surface area contributed by atoms with E-state index in [0.29, 0.717) is 4.90 Å². The minimum Gasteiger partial charge on any atom is -0.324 e. The van der Waals surface area contributed by atoms with Crippen molar-refractivity contribution in [2.24, 2.45) is 5.73 Å². The van der Waals surface area contributed by atoms with Crippen molar-refractivity contribution in [3.63, 3.8) is 0 Å². The Kier molecular flexibility index (Phi) is 3.96. The molecular weight excluding hydrogens is 248 g/mol. The van der Waals surface area contributed by atoms with Gasteiger partial charge in [-0.05, 0) is 43.1 Å². The third-order valence-corrected chi connectivity index (χ3v) is 4.23. The summed E-state index contributed by atoms with van der Waals surface area (Å²) in [4.78, 5) is 0.293. The molecule has 1 aromatic rings. The zero-order chi connectivity index (χ0) is 11.1. The normalized spacial score (nSPS) is 19.0. The molecule has 0 aromatic heterocycles. The van der Waals surface area contributed by atoms with E-state index in [9.17, 15) is 8.42 Å². The average molecular weight is 263 g/mol. The Labute approximate surface area is 102 Å². The van der Waals surface area contributed by atoms with Gasteiger partial charge < -0.3 is 5.73 Å². The fourth-order valence-corrected chi connectivity index (χ4v) is 2.66. The number of nitrogens with two attached hydrogens (primary N) is 1. The van der Waals surface area contributed by atoms with Crippen LogP contribution in [0.2, 0.25) is 0 Å². The molecular formula is C10H15ClN2O2S. The van der Waals surface area contributed by atoms with Crippen LogP contribution in [0.1, 0.15) is 23.6 Å². The van der Waals surface area contributed by atoms with Crippen molar-refractivity contribution in [2.75, 3.05) is 7.05 Å². The topological polar surface area (TPSA) is 72.2 Å². The molecule has 0 saturated carbocycles. The Hall–Kier alpha value is -0.620. The Morgan fingerprint density at radius 1 is 1.44 bits per heavy atom. The predicted octanol–water partition coefficient (Wildman–Crippen LogP) is 0.962. The van der Waals surface area contributed by atoms with Crippen LogP contribution in [-0.2, 0) is 16.4 Å². The molecule has 0 aliphatic heterocycles. The highest BCUT2D eigenvalue weighted by Gasteiger charge is 2.21. The van der Waals surface area contributed by atoms with E-state index in [1.165, 1.54) is 7.05 Å². The van der Waals surface area contributed by atoms with Gasteiger partial charge in [0.2, 0.25) is 10.0 Å². The number of halogens is 1. The molecule has 1 aliphatic carbocycles. The van der Waals surface area contributed by atoms with E-state index in [4.69, 9.17) is 5.73 Å². The number of benzene rings is 1. The summed E-state index contributed by atoms with van der Waals surface area (Å²) in [7, 11) is -1.94. The van der Waals surface area contributed by atoms with Gasteiger partial charge in [-0.15, -0.1) is 12.4 Å². The molecule has 1 aliphatic rings. The monoisotopic (exact) mass is 262 g/mol. The van der Waals surface area contributed by atoms with Crippen molar-refractivity contribution < 1.29 is 8.42 Å². The van der Waals surface area contributed by atoms with Gasteiger partial charge in [0.05, 0.1) is 4.90 Å². The largest absolute Gasteiger partial charge is 0.324 e. The first-order chi connectivity index (χ1) is 7.04. The minimum absolute atomic E-state index is 0. The van der Waals surface area contributed by atoms with Gasteiger partial charge in [0.15, 0.2) is 0 Å². The van der Waals surface area contributed by atoms with E-state index in [1.54, 1.807) is 12.1 Å². The van der Waals surface area contributed by atoms with Crippen LogP contribution < -0.4 is 10.5 Å². The van der Waals surface area contributed by atoms with Crippen molar-refractivity contribution in [2.45, 2.75) is 23.8 Å². The van der Waals surface area contributed by atoms with Crippen molar-refractivity contribution in [3.8, 4) is 0 Å². The number of rotatable bonds is 2. The maximum atomic E-state index is 11.6. The molecule has 0 bridgehead atoms. The Bertz CT molecular complexity index is 488. The highest BCUT2D eigenvalue weighted by molar-refractivity contribution is 7.89. The van der Waals surface area contributed by atoms with Crippen LogP contribution >= 0.6 is 12.4 Å². The van der Waals surface area contributed by atoms with E-state index < -0.39 is 10.0 Å². The van der Waals surface area contributed by atoms with Gasteiger partial charge in [0.25, 0.3) is 0 Å². The maximum absolute atomic E-state index is 11.6. The van der Waals surface area contributed by atoms with Gasteiger partial charge in [0, 0.05) is 6.04 Å². The van der Waals surface area contributed by atoms with E-state index in [2.05, 4.69) is 4.72 Å². The SMILES string of the molecule is CNS(=O)(=O)c1ccc2c(c1)C(N)CC2.Cl.